The van der Waals surface area contributed by atoms with Crippen molar-refractivity contribution < 1.29 is 0 Å². The van der Waals surface area contributed by atoms with E-state index in [1.807, 2.05) is 20.2 Å². The van der Waals surface area contributed by atoms with Gasteiger partial charge in [-0.05, 0) is 26.1 Å². The minimum atomic E-state index is 0.768. The number of fused-ring (bicyclic) bond motifs is 1. The third-order valence-electron chi connectivity index (χ3n) is 3.50. The number of nitrogens with zero attached hydrogens (tertiary/aromatic N) is 3. The van der Waals surface area contributed by atoms with Crippen LogP contribution in [0, 0.1) is 6.92 Å². The highest BCUT2D eigenvalue weighted by Crippen LogP contribution is 2.25. The topological polar surface area (TPSA) is 58.5 Å². The van der Waals surface area contributed by atoms with Crippen LogP contribution in [-0.2, 0) is 13.6 Å². The van der Waals surface area contributed by atoms with Crippen molar-refractivity contribution in [3.63, 3.8) is 0 Å². The van der Waals surface area contributed by atoms with E-state index < -0.39 is 0 Å². The highest BCUT2D eigenvalue weighted by atomic mass is 15.1. The third-order valence-corrected chi connectivity index (χ3v) is 3.50. The van der Waals surface area contributed by atoms with Gasteiger partial charge < -0.3 is 14.9 Å². The Morgan fingerprint density at radius 1 is 1.37 bits per heavy atom. The molecule has 1 aromatic carbocycles. The van der Waals surface area contributed by atoms with Gasteiger partial charge in [0.2, 0.25) is 0 Å². The summed E-state index contributed by atoms with van der Waals surface area (Å²) in [6, 6.07) is 6.19. The number of benzene rings is 1. The Morgan fingerprint density at radius 3 is 3.00 bits per heavy atom. The van der Waals surface area contributed by atoms with Crippen molar-refractivity contribution >= 4 is 11.0 Å². The van der Waals surface area contributed by atoms with E-state index in [4.69, 9.17) is 4.98 Å². The monoisotopic (exact) mass is 255 g/mol. The molecular formula is C14H17N5. The van der Waals surface area contributed by atoms with Gasteiger partial charge in [0.05, 0.1) is 29.6 Å². The molecule has 0 bridgehead atoms. The first-order chi connectivity index (χ1) is 9.20. The molecule has 2 heterocycles. The van der Waals surface area contributed by atoms with Gasteiger partial charge in [-0.15, -0.1) is 0 Å². The maximum atomic E-state index is 4.73. The Kier molecular flexibility index (Phi) is 2.83. The number of aromatic amines is 1. The molecule has 0 aliphatic heterocycles. The maximum Gasteiger partial charge on any atom is 0.123 e. The molecule has 0 aliphatic carbocycles. The van der Waals surface area contributed by atoms with Gasteiger partial charge in [-0.25, -0.2) is 9.97 Å². The summed E-state index contributed by atoms with van der Waals surface area (Å²) in [5.41, 5.74) is 5.34. The standard InChI is InChI=1S/C14H17N5/c1-9-14(18-13(7-15-2)19(9)3)10-4-5-11-12(6-10)17-8-16-11/h4-6,8,15H,7H2,1-3H3,(H,16,17). The fourth-order valence-corrected chi connectivity index (χ4v) is 2.31. The average Bonchev–Trinajstić information content (AvgIpc) is 2.98. The van der Waals surface area contributed by atoms with Gasteiger partial charge in [-0.2, -0.15) is 0 Å². The van der Waals surface area contributed by atoms with Crippen molar-refractivity contribution in [3.05, 3.63) is 36.0 Å². The lowest BCUT2D eigenvalue weighted by molar-refractivity contribution is 0.701. The third kappa shape index (κ3) is 1.92. The summed E-state index contributed by atoms with van der Waals surface area (Å²) in [5, 5.41) is 3.14. The van der Waals surface area contributed by atoms with Gasteiger partial charge in [0.15, 0.2) is 0 Å². The number of nitrogens with one attached hydrogen (secondary N) is 2. The predicted molar refractivity (Wildman–Crippen MR) is 75.8 cm³/mol. The lowest BCUT2D eigenvalue weighted by Crippen LogP contribution is -2.10. The minimum absolute atomic E-state index is 0.768. The van der Waals surface area contributed by atoms with Crippen LogP contribution in [0.2, 0.25) is 0 Å². The van der Waals surface area contributed by atoms with E-state index in [0.29, 0.717) is 0 Å². The maximum absolute atomic E-state index is 4.73. The van der Waals surface area contributed by atoms with Crippen LogP contribution in [0.5, 0.6) is 0 Å². The molecule has 98 valence electrons. The normalized spacial score (nSPS) is 11.3. The van der Waals surface area contributed by atoms with Crippen LogP contribution in [0.1, 0.15) is 11.5 Å². The first-order valence-electron chi connectivity index (χ1n) is 6.31. The smallest absolute Gasteiger partial charge is 0.123 e. The molecule has 3 rings (SSSR count). The number of H-pyrrole nitrogens is 1. The number of hydrogen-bond acceptors (Lipinski definition) is 3. The number of rotatable bonds is 3. The zero-order chi connectivity index (χ0) is 13.4. The van der Waals surface area contributed by atoms with Gasteiger partial charge >= 0.3 is 0 Å². The molecule has 0 amide bonds. The zero-order valence-electron chi connectivity index (χ0n) is 11.4. The van der Waals surface area contributed by atoms with Crippen molar-refractivity contribution in [1.82, 2.24) is 24.8 Å². The first-order valence-corrected chi connectivity index (χ1v) is 6.31. The summed E-state index contributed by atoms with van der Waals surface area (Å²) in [4.78, 5) is 12.1. The highest BCUT2D eigenvalue weighted by Gasteiger charge is 2.12. The van der Waals surface area contributed by atoms with Crippen molar-refractivity contribution in [3.8, 4) is 11.3 Å². The molecule has 19 heavy (non-hydrogen) atoms. The van der Waals surface area contributed by atoms with Gasteiger partial charge in [0.25, 0.3) is 0 Å². The molecule has 0 radical (unpaired) electrons. The van der Waals surface area contributed by atoms with Crippen LogP contribution < -0.4 is 5.32 Å². The quantitative estimate of drug-likeness (QED) is 0.752. The second kappa shape index (κ2) is 4.51. The van der Waals surface area contributed by atoms with Crippen molar-refractivity contribution in [2.45, 2.75) is 13.5 Å². The van der Waals surface area contributed by atoms with Crippen LogP contribution in [0.4, 0.5) is 0 Å². The summed E-state index contributed by atoms with van der Waals surface area (Å²) >= 11 is 0. The number of aromatic nitrogens is 4. The lowest BCUT2D eigenvalue weighted by atomic mass is 10.1. The van der Waals surface area contributed by atoms with E-state index in [1.54, 1.807) is 6.33 Å². The van der Waals surface area contributed by atoms with E-state index in [1.165, 1.54) is 5.69 Å². The fraction of sp³-hybridized carbons (Fsp3) is 0.286. The number of imidazole rings is 2. The molecule has 0 aliphatic rings. The fourth-order valence-electron chi connectivity index (χ4n) is 2.31. The zero-order valence-corrected chi connectivity index (χ0v) is 11.4. The Bertz CT molecular complexity index is 723. The minimum Gasteiger partial charge on any atom is -0.345 e. The first kappa shape index (κ1) is 11.9. The van der Waals surface area contributed by atoms with E-state index in [0.717, 1.165) is 34.7 Å². The molecule has 0 unspecified atom stereocenters. The predicted octanol–water partition coefficient (Wildman–Crippen LogP) is 1.99. The Balaban J connectivity index is 2.12. The molecule has 2 N–H and O–H groups in total. The van der Waals surface area contributed by atoms with E-state index in [9.17, 15) is 0 Å². The second-order valence-electron chi connectivity index (χ2n) is 4.69. The molecule has 3 aromatic rings. The average molecular weight is 255 g/mol. The Morgan fingerprint density at radius 2 is 2.21 bits per heavy atom. The molecule has 0 saturated carbocycles. The van der Waals surface area contributed by atoms with E-state index >= 15 is 0 Å². The SMILES string of the molecule is CNCc1nc(-c2ccc3nc[nH]c3c2)c(C)n1C. The van der Waals surface area contributed by atoms with Crippen LogP contribution in [0.3, 0.4) is 0 Å². The summed E-state index contributed by atoms with van der Waals surface area (Å²) in [6.07, 6.45) is 1.71. The molecule has 0 atom stereocenters. The molecule has 5 heteroatoms. The summed E-state index contributed by atoms with van der Waals surface area (Å²) in [7, 11) is 3.98. The van der Waals surface area contributed by atoms with Crippen molar-refractivity contribution in [2.24, 2.45) is 7.05 Å². The van der Waals surface area contributed by atoms with Crippen LogP contribution in [0.15, 0.2) is 24.5 Å². The second-order valence-corrected chi connectivity index (χ2v) is 4.69. The Hall–Kier alpha value is -2.14. The van der Waals surface area contributed by atoms with Gasteiger partial charge in [0, 0.05) is 18.3 Å². The van der Waals surface area contributed by atoms with Crippen molar-refractivity contribution in [1.29, 1.82) is 0 Å². The van der Waals surface area contributed by atoms with Crippen LogP contribution in [-0.4, -0.2) is 26.6 Å². The van der Waals surface area contributed by atoms with Crippen LogP contribution in [0.25, 0.3) is 22.3 Å². The largest absolute Gasteiger partial charge is 0.345 e. The van der Waals surface area contributed by atoms with Gasteiger partial charge in [-0.3, -0.25) is 0 Å². The molecule has 5 nitrogen and oxygen atoms in total. The van der Waals surface area contributed by atoms with Crippen LogP contribution >= 0.6 is 0 Å². The summed E-state index contributed by atoms with van der Waals surface area (Å²) in [6.45, 7) is 2.86. The lowest BCUT2D eigenvalue weighted by Gasteiger charge is -2.01. The van der Waals surface area contributed by atoms with Crippen molar-refractivity contribution in [2.75, 3.05) is 7.05 Å². The summed E-state index contributed by atoms with van der Waals surface area (Å²) in [5.74, 6) is 1.04. The highest BCUT2D eigenvalue weighted by molar-refractivity contribution is 5.81. The number of hydrogen-bond donors (Lipinski definition) is 2. The van der Waals surface area contributed by atoms with Gasteiger partial charge in [-0.1, -0.05) is 6.07 Å². The Labute approximate surface area is 111 Å². The molecule has 0 fully saturated rings. The van der Waals surface area contributed by atoms with E-state index in [2.05, 4.69) is 38.9 Å². The van der Waals surface area contributed by atoms with E-state index in [-0.39, 0.29) is 0 Å². The molecule has 0 saturated heterocycles. The molecule has 0 spiro atoms. The molecular weight excluding hydrogens is 238 g/mol. The molecule has 2 aromatic heterocycles. The summed E-state index contributed by atoms with van der Waals surface area (Å²) < 4.78 is 2.13. The van der Waals surface area contributed by atoms with Gasteiger partial charge in [0.1, 0.15) is 5.82 Å².